The number of amides is 1. The maximum atomic E-state index is 12.7. The van der Waals surface area contributed by atoms with Gasteiger partial charge < -0.3 is 10.6 Å². The predicted molar refractivity (Wildman–Crippen MR) is 81.8 cm³/mol. The molecule has 0 aromatic carbocycles. The van der Waals surface area contributed by atoms with Gasteiger partial charge in [0, 0.05) is 37.9 Å². The number of aromatic nitrogens is 1. The van der Waals surface area contributed by atoms with E-state index in [0.29, 0.717) is 18.3 Å². The van der Waals surface area contributed by atoms with Crippen LogP contribution >= 0.6 is 0 Å². The van der Waals surface area contributed by atoms with Crippen molar-refractivity contribution < 1.29 is 4.79 Å². The third-order valence-corrected chi connectivity index (χ3v) is 4.73. The van der Waals surface area contributed by atoms with E-state index in [4.69, 9.17) is 5.73 Å². The highest BCUT2D eigenvalue weighted by molar-refractivity contribution is 5.92. The van der Waals surface area contributed by atoms with Crippen LogP contribution in [0.15, 0.2) is 18.3 Å². The van der Waals surface area contributed by atoms with E-state index in [1.807, 2.05) is 11.0 Å². The van der Waals surface area contributed by atoms with Crippen LogP contribution < -0.4 is 5.73 Å². The van der Waals surface area contributed by atoms with Crippen molar-refractivity contribution in [2.75, 3.05) is 19.6 Å². The van der Waals surface area contributed by atoms with Crippen molar-refractivity contribution in [1.82, 2.24) is 14.8 Å². The highest BCUT2D eigenvalue weighted by atomic mass is 16.2. The SMILES string of the molecule is CC1CN2CCCCC2CN1C(=O)c1ccc(CN)cn1. The lowest BCUT2D eigenvalue weighted by atomic mass is 9.97. The van der Waals surface area contributed by atoms with Crippen LogP contribution in [0.4, 0.5) is 0 Å². The summed E-state index contributed by atoms with van der Waals surface area (Å²) in [6, 6.07) is 4.47. The summed E-state index contributed by atoms with van der Waals surface area (Å²) in [5, 5.41) is 0. The Balaban J connectivity index is 1.73. The Hall–Kier alpha value is -1.46. The second-order valence-electron chi connectivity index (χ2n) is 6.21. The highest BCUT2D eigenvalue weighted by Crippen LogP contribution is 2.24. The molecule has 2 fully saturated rings. The summed E-state index contributed by atoms with van der Waals surface area (Å²) in [6.07, 6.45) is 5.48. The van der Waals surface area contributed by atoms with E-state index in [9.17, 15) is 4.79 Å². The topological polar surface area (TPSA) is 62.5 Å². The van der Waals surface area contributed by atoms with Crippen LogP contribution in [0.25, 0.3) is 0 Å². The molecule has 1 aromatic heterocycles. The summed E-state index contributed by atoms with van der Waals surface area (Å²) in [5.74, 6) is 0.0521. The number of pyridine rings is 1. The first kappa shape index (κ1) is 14.5. The normalized spacial score (nSPS) is 26.5. The van der Waals surface area contributed by atoms with Gasteiger partial charge in [0.2, 0.25) is 0 Å². The average Bonchev–Trinajstić information content (AvgIpc) is 2.53. The Morgan fingerprint density at radius 3 is 2.95 bits per heavy atom. The quantitative estimate of drug-likeness (QED) is 0.889. The van der Waals surface area contributed by atoms with Gasteiger partial charge in [-0.1, -0.05) is 12.5 Å². The standard InChI is InChI=1S/C16H24N4O/c1-12-10-19-7-3-2-4-14(19)11-20(12)16(21)15-6-5-13(8-17)9-18-15/h5-6,9,12,14H,2-4,7-8,10-11,17H2,1H3. The molecule has 2 aliphatic rings. The van der Waals surface area contributed by atoms with Gasteiger partial charge in [-0.05, 0) is 37.9 Å². The molecule has 2 saturated heterocycles. The molecule has 5 heteroatoms. The average molecular weight is 288 g/mol. The van der Waals surface area contributed by atoms with E-state index in [1.165, 1.54) is 25.8 Å². The lowest BCUT2D eigenvalue weighted by Gasteiger charge is -2.47. The number of piperidine rings is 1. The van der Waals surface area contributed by atoms with E-state index in [0.717, 1.165) is 18.7 Å². The minimum atomic E-state index is 0.0521. The molecule has 3 rings (SSSR count). The van der Waals surface area contributed by atoms with Crippen LogP contribution in [0.5, 0.6) is 0 Å². The number of carbonyl (C=O) groups excluding carboxylic acids is 1. The van der Waals surface area contributed by atoms with Gasteiger partial charge in [-0.25, -0.2) is 0 Å². The monoisotopic (exact) mass is 288 g/mol. The largest absolute Gasteiger partial charge is 0.332 e. The molecule has 0 spiro atoms. The molecule has 21 heavy (non-hydrogen) atoms. The third-order valence-electron chi connectivity index (χ3n) is 4.73. The Morgan fingerprint density at radius 2 is 2.24 bits per heavy atom. The van der Waals surface area contributed by atoms with Crippen molar-refractivity contribution in [2.24, 2.45) is 5.73 Å². The molecule has 5 nitrogen and oxygen atoms in total. The van der Waals surface area contributed by atoms with Crippen molar-refractivity contribution in [2.45, 2.75) is 44.8 Å². The minimum Gasteiger partial charge on any atom is -0.332 e. The van der Waals surface area contributed by atoms with Crippen molar-refractivity contribution in [3.8, 4) is 0 Å². The molecule has 0 aliphatic carbocycles. The number of rotatable bonds is 2. The second-order valence-corrected chi connectivity index (χ2v) is 6.21. The summed E-state index contributed by atoms with van der Waals surface area (Å²) < 4.78 is 0. The number of nitrogens with zero attached hydrogens (tertiary/aromatic N) is 3. The fourth-order valence-electron chi connectivity index (χ4n) is 3.45. The van der Waals surface area contributed by atoms with Crippen molar-refractivity contribution in [3.05, 3.63) is 29.6 Å². The third kappa shape index (κ3) is 2.94. The minimum absolute atomic E-state index is 0.0521. The lowest BCUT2D eigenvalue weighted by molar-refractivity contribution is 0.0148. The van der Waals surface area contributed by atoms with Crippen LogP contribution in [0.3, 0.4) is 0 Å². The number of hydrogen-bond donors (Lipinski definition) is 1. The molecule has 2 unspecified atom stereocenters. The molecular weight excluding hydrogens is 264 g/mol. The maximum Gasteiger partial charge on any atom is 0.272 e. The number of hydrogen-bond acceptors (Lipinski definition) is 4. The van der Waals surface area contributed by atoms with Gasteiger partial charge in [-0.3, -0.25) is 14.7 Å². The Bertz CT molecular complexity index is 502. The lowest BCUT2D eigenvalue weighted by Crippen LogP contribution is -2.60. The summed E-state index contributed by atoms with van der Waals surface area (Å²) in [7, 11) is 0. The van der Waals surface area contributed by atoms with E-state index >= 15 is 0 Å². The molecule has 1 amide bonds. The van der Waals surface area contributed by atoms with Crippen molar-refractivity contribution in [1.29, 1.82) is 0 Å². The van der Waals surface area contributed by atoms with Gasteiger partial charge in [0.15, 0.2) is 0 Å². The van der Waals surface area contributed by atoms with Gasteiger partial charge in [-0.2, -0.15) is 0 Å². The van der Waals surface area contributed by atoms with Gasteiger partial charge >= 0.3 is 0 Å². The van der Waals surface area contributed by atoms with E-state index in [1.54, 1.807) is 12.3 Å². The Labute approximate surface area is 126 Å². The molecule has 2 aliphatic heterocycles. The fourth-order valence-corrected chi connectivity index (χ4v) is 3.45. The molecular formula is C16H24N4O. The maximum absolute atomic E-state index is 12.7. The van der Waals surface area contributed by atoms with Crippen LogP contribution in [-0.4, -0.2) is 52.4 Å². The highest BCUT2D eigenvalue weighted by Gasteiger charge is 2.35. The number of fused-ring (bicyclic) bond motifs is 1. The van der Waals surface area contributed by atoms with Gasteiger partial charge in [-0.15, -0.1) is 0 Å². The van der Waals surface area contributed by atoms with Crippen LogP contribution in [0, 0.1) is 0 Å². The fraction of sp³-hybridized carbons (Fsp3) is 0.625. The summed E-state index contributed by atoms with van der Waals surface area (Å²) in [6.45, 7) is 5.59. The molecule has 114 valence electrons. The number of carbonyl (C=O) groups is 1. The van der Waals surface area contributed by atoms with Crippen molar-refractivity contribution in [3.63, 3.8) is 0 Å². The molecule has 1 aromatic rings. The molecule has 0 bridgehead atoms. The molecule has 3 heterocycles. The van der Waals surface area contributed by atoms with Gasteiger partial charge in [0.25, 0.3) is 5.91 Å². The zero-order valence-electron chi connectivity index (χ0n) is 12.7. The second kappa shape index (κ2) is 6.12. The van der Waals surface area contributed by atoms with Crippen LogP contribution in [0.2, 0.25) is 0 Å². The first-order valence-electron chi connectivity index (χ1n) is 7.89. The van der Waals surface area contributed by atoms with Gasteiger partial charge in [0.05, 0.1) is 0 Å². The summed E-state index contributed by atoms with van der Waals surface area (Å²) >= 11 is 0. The first-order chi connectivity index (χ1) is 10.2. The number of piperazine rings is 1. The van der Waals surface area contributed by atoms with Crippen LogP contribution in [0.1, 0.15) is 42.2 Å². The Kier molecular flexibility index (Phi) is 4.22. The van der Waals surface area contributed by atoms with Crippen LogP contribution in [-0.2, 0) is 6.54 Å². The smallest absolute Gasteiger partial charge is 0.272 e. The molecule has 2 atom stereocenters. The zero-order chi connectivity index (χ0) is 14.8. The summed E-state index contributed by atoms with van der Waals surface area (Å²) in [4.78, 5) is 21.5. The zero-order valence-corrected chi connectivity index (χ0v) is 12.7. The van der Waals surface area contributed by atoms with E-state index in [2.05, 4.69) is 16.8 Å². The predicted octanol–water partition coefficient (Wildman–Crippen LogP) is 1.24. The molecule has 0 saturated carbocycles. The Morgan fingerprint density at radius 1 is 1.38 bits per heavy atom. The molecule has 2 N–H and O–H groups in total. The van der Waals surface area contributed by atoms with Gasteiger partial charge in [0.1, 0.15) is 5.69 Å². The molecule has 0 radical (unpaired) electrons. The summed E-state index contributed by atoms with van der Waals surface area (Å²) in [5.41, 5.74) is 7.06. The van der Waals surface area contributed by atoms with Crippen molar-refractivity contribution >= 4 is 5.91 Å². The van der Waals surface area contributed by atoms with E-state index in [-0.39, 0.29) is 11.9 Å². The first-order valence-corrected chi connectivity index (χ1v) is 7.89. The number of nitrogens with two attached hydrogens (primary N) is 1. The van der Waals surface area contributed by atoms with E-state index < -0.39 is 0 Å².